The molecule has 1 aliphatic rings. The molecule has 1 fully saturated rings. The van der Waals surface area contributed by atoms with E-state index in [-0.39, 0.29) is 10.8 Å². The molecule has 1 N–H and O–H groups in total. The summed E-state index contributed by atoms with van der Waals surface area (Å²) in [7, 11) is -3.60. The lowest BCUT2D eigenvalue weighted by Gasteiger charge is -2.24. The Balaban J connectivity index is 1.92. The first-order chi connectivity index (χ1) is 14.0. The van der Waals surface area contributed by atoms with Gasteiger partial charge in [0.1, 0.15) is 0 Å². The summed E-state index contributed by atoms with van der Waals surface area (Å²) >= 11 is 1.57. The largest absolute Gasteiger partial charge is 0.370 e. The van der Waals surface area contributed by atoms with Crippen LogP contribution in [0.4, 0.5) is 11.4 Å². The minimum Gasteiger partial charge on any atom is -0.370 e. The summed E-state index contributed by atoms with van der Waals surface area (Å²) in [6.07, 6.45) is 5.40. The molecule has 2 heterocycles. The van der Waals surface area contributed by atoms with Crippen LogP contribution in [-0.2, 0) is 14.8 Å². The van der Waals surface area contributed by atoms with E-state index in [0.717, 1.165) is 37.2 Å². The molecule has 8 heteroatoms. The molecule has 0 atom stereocenters. The highest BCUT2D eigenvalue weighted by molar-refractivity contribution is 7.89. The molecule has 6 nitrogen and oxygen atoms in total. The predicted molar refractivity (Wildman–Crippen MR) is 120 cm³/mol. The van der Waals surface area contributed by atoms with E-state index in [2.05, 4.69) is 10.2 Å². The molecule has 1 aromatic carbocycles. The number of anilines is 2. The lowest BCUT2D eigenvalue weighted by molar-refractivity contribution is -0.111. The van der Waals surface area contributed by atoms with E-state index in [0.29, 0.717) is 18.8 Å². The number of benzene rings is 1. The zero-order valence-electron chi connectivity index (χ0n) is 16.8. The molecule has 1 aromatic heterocycles. The van der Waals surface area contributed by atoms with Gasteiger partial charge in [0.2, 0.25) is 15.9 Å². The molecular weight excluding hydrogens is 406 g/mol. The van der Waals surface area contributed by atoms with Crippen LogP contribution < -0.4 is 10.2 Å². The third-order valence-electron chi connectivity index (χ3n) is 4.99. The Hall–Kier alpha value is -2.16. The van der Waals surface area contributed by atoms with Crippen LogP contribution >= 0.6 is 11.3 Å². The summed E-state index contributed by atoms with van der Waals surface area (Å²) in [5, 5.41) is 6.79. The van der Waals surface area contributed by atoms with Crippen molar-refractivity contribution >= 4 is 44.7 Å². The third kappa shape index (κ3) is 5.07. The van der Waals surface area contributed by atoms with Gasteiger partial charge in [-0.25, -0.2) is 8.42 Å². The number of carbonyl (C=O) groups excluding carboxylic acids is 1. The number of rotatable bonds is 8. The Morgan fingerprint density at radius 2 is 1.93 bits per heavy atom. The number of nitrogens with one attached hydrogen (secondary N) is 1. The molecule has 2 aromatic rings. The van der Waals surface area contributed by atoms with Crippen LogP contribution in [0.5, 0.6) is 0 Å². The molecule has 29 heavy (non-hydrogen) atoms. The number of carbonyl (C=O) groups is 1. The molecular formula is C21H27N3O3S2. The van der Waals surface area contributed by atoms with Crippen molar-refractivity contribution in [3.63, 3.8) is 0 Å². The van der Waals surface area contributed by atoms with Crippen LogP contribution in [0.25, 0.3) is 6.08 Å². The second-order valence-corrected chi connectivity index (χ2v) is 9.56. The van der Waals surface area contributed by atoms with Gasteiger partial charge in [-0.05, 0) is 59.5 Å². The van der Waals surface area contributed by atoms with Crippen molar-refractivity contribution in [2.75, 3.05) is 36.4 Å². The Morgan fingerprint density at radius 1 is 1.21 bits per heavy atom. The Kier molecular flexibility index (Phi) is 7.10. The predicted octanol–water partition coefficient (Wildman–Crippen LogP) is 4.03. The normalized spacial score (nSPS) is 14.8. The van der Waals surface area contributed by atoms with Gasteiger partial charge in [0, 0.05) is 32.3 Å². The number of hydrogen-bond donors (Lipinski definition) is 1. The standard InChI is InChI=1S/C21H27N3O3S2/c1-3-24(4-2)29(26,27)18-8-9-20(23-12-5-6-13-23)19(15-18)22-21(25)10-7-17-11-14-28-16-17/h7-11,14-16H,3-6,12-13H2,1-2H3,(H,22,25)/b10-7-. The number of hydrogen-bond acceptors (Lipinski definition) is 5. The Labute approximate surface area is 176 Å². The molecule has 0 radical (unpaired) electrons. The first kappa shape index (κ1) is 21.5. The minimum atomic E-state index is -3.60. The number of thiophene rings is 1. The van der Waals surface area contributed by atoms with Crippen molar-refractivity contribution in [2.45, 2.75) is 31.6 Å². The monoisotopic (exact) mass is 433 g/mol. The summed E-state index contributed by atoms with van der Waals surface area (Å²) in [4.78, 5) is 14.9. The fourth-order valence-corrected chi connectivity index (χ4v) is 5.55. The topological polar surface area (TPSA) is 69.7 Å². The summed E-state index contributed by atoms with van der Waals surface area (Å²) in [6.45, 7) is 6.23. The van der Waals surface area contributed by atoms with E-state index in [4.69, 9.17) is 0 Å². The van der Waals surface area contributed by atoms with Crippen LogP contribution in [0, 0.1) is 0 Å². The first-order valence-corrected chi connectivity index (χ1v) is 12.2. The molecule has 0 aliphatic carbocycles. The van der Waals surface area contributed by atoms with Gasteiger partial charge < -0.3 is 10.2 Å². The van der Waals surface area contributed by atoms with Crippen LogP contribution in [0.3, 0.4) is 0 Å². The number of nitrogens with zero attached hydrogens (tertiary/aromatic N) is 2. The summed E-state index contributed by atoms with van der Waals surface area (Å²) in [5.74, 6) is -0.283. The van der Waals surface area contributed by atoms with Crippen LogP contribution in [0.15, 0.2) is 46.0 Å². The highest BCUT2D eigenvalue weighted by Gasteiger charge is 2.24. The summed E-state index contributed by atoms with van der Waals surface area (Å²) in [6, 6.07) is 6.96. The highest BCUT2D eigenvalue weighted by Crippen LogP contribution is 2.32. The maximum atomic E-state index is 12.9. The van der Waals surface area contributed by atoms with Crippen molar-refractivity contribution in [3.05, 3.63) is 46.7 Å². The van der Waals surface area contributed by atoms with Crippen molar-refractivity contribution in [2.24, 2.45) is 0 Å². The Morgan fingerprint density at radius 3 is 2.55 bits per heavy atom. The quantitative estimate of drug-likeness (QED) is 0.638. The Bertz CT molecular complexity index is 959. The molecule has 0 bridgehead atoms. The molecule has 1 saturated heterocycles. The van der Waals surface area contributed by atoms with Gasteiger partial charge in [-0.15, -0.1) is 0 Å². The van der Waals surface area contributed by atoms with Crippen molar-refractivity contribution in [3.8, 4) is 0 Å². The maximum Gasteiger partial charge on any atom is 0.248 e. The van der Waals surface area contributed by atoms with Gasteiger partial charge in [0.15, 0.2) is 0 Å². The average molecular weight is 434 g/mol. The second kappa shape index (κ2) is 9.56. The molecule has 1 aliphatic heterocycles. The number of amides is 1. The van der Waals surface area contributed by atoms with Crippen LogP contribution in [-0.4, -0.2) is 44.8 Å². The molecule has 3 rings (SSSR count). The van der Waals surface area contributed by atoms with Crippen molar-refractivity contribution in [1.29, 1.82) is 0 Å². The van der Waals surface area contributed by atoms with Crippen molar-refractivity contribution in [1.82, 2.24) is 4.31 Å². The van der Waals surface area contributed by atoms with Crippen molar-refractivity contribution < 1.29 is 13.2 Å². The molecule has 1 amide bonds. The van der Waals surface area contributed by atoms with Gasteiger partial charge in [0.25, 0.3) is 0 Å². The lowest BCUT2D eigenvalue weighted by Crippen LogP contribution is -2.31. The molecule has 156 valence electrons. The molecule has 0 saturated carbocycles. The third-order valence-corrected chi connectivity index (χ3v) is 7.73. The van der Waals surface area contributed by atoms with E-state index in [1.807, 2.05) is 30.7 Å². The van der Waals surface area contributed by atoms with Gasteiger partial charge in [0.05, 0.1) is 16.3 Å². The smallest absolute Gasteiger partial charge is 0.248 e. The van der Waals surface area contributed by atoms with Gasteiger partial charge in [-0.3, -0.25) is 4.79 Å². The fraction of sp³-hybridized carbons (Fsp3) is 0.381. The molecule has 0 spiro atoms. The van der Waals surface area contributed by atoms with Gasteiger partial charge >= 0.3 is 0 Å². The summed E-state index contributed by atoms with van der Waals surface area (Å²) < 4.78 is 27.3. The van der Waals surface area contributed by atoms with Gasteiger partial charge in [-0.2, -0.15) is 15.6 Å². The van der Waals surface area contributed by atoms with E-state index < -0.39 is 10.0 Å². The van der Waals surface area contributed by atoms with Crippen LogP contribution in [0.2, 0.25) is 0 Å². The van der Waals surface area contributed by atoms with E-state index in [9.17, 15) is 13.2 Å². The average Bonchev–Trinajstić information content (AvgIpc) is 3.41. The van der Waals surface area contributed by atoms with E-state index in [1.165, 1.54) is 10.4 Å². The minimum absolute atomic E-state index is 0.196. The SMILES string of the molecule is CCN(CC)S(=O)(=O)c1ccc(N2CCCC2)c(NC(=O)/C=C\c2ccsc2)c1. The van der Waals surface area contributed by atoms with Crippen LogP contribution in [0.1, 0.15) is 32.3 Å². The first-order valence-electron chi connectivity index (χ1n) is 9.86. The van der Waals surface area contributed by atoms with E-state index in [1.54, 1.807) is 35.6 Å². The van der Waals surface area contributed by atoms with E-state index >= 15 is 0 Å². The highest BCUT2D eigenvalue weighted by atomic mass is 32.2. The fourth-order valence-electron chi connectivity index (χ4n) is 3.44. The number of sulfonamides is 1. The summed E-state index contributed by atoms with van der Waals surface area (Å²) in [5.41, 5.74) is 2.35. The van der Waals surface area contributed by atoms with Gasteiger partial charge in [-0.1, -0.05) is 13.8 Å². The molecule has 0 unspecified atom stereocenters. The lowest BCUT2D eigenvalue weighted by atomic mass is 10.2. The zero-order valence-corrected chi connectivity index (χ0v) is 18.4. The zero-order chi connectivity index (χ0) is 20.9. The maximum absolute atomic E-state index is 12.9. The second-order valence-electron chi connectivity index (χ2n) is 6.84.